The Morgan fingerprint density at radius 2 is 2.44 bits per heavy atom. The van der Waals surface area contributed by atoms with Crippen LogP contribution in [0.1, 0.15) is 32.8 Å². The number of nitrogens with one attached hydrogen (secondary N) is 2. The summed E-state index contributed by atoms with van der Waals surface area (Å²) in [6, 6.07) is 2.20. The number of nitriles is 1. The van der Waals surface area contributed by atoms with Crippen molar-refractivity contribution in [3.8, 4) is 6.07 Å². The van der Waals surface area contributed by atoms with Crippen LogP contribution in [0.3, 0.4) is 0 Å². The number of anilines is 1. The molecule has 0 bridgehead atoms. The second kappa shape index (κ2) is 4.27. The van der Waals surface area contributed by atoms with Crippen molar-refractivity contribution < 1.29 is 4.79 Å². The molecule has 18 heavy (non-hydrogen) atoms. The van der Waals surface area contributed by atoms with E-state index in [0.29, 0.717) is 16.1 Å². The molecule has 2 aromatic heterocycles. The van der Waals surface area contributed by atoms with Crippen LogP contribution >= 0.6 is 11.3 Å². The summed E-state index contributed by atoms with van der Waals surface area (Å²) in [5.74, 6) is -0.236. The second-order valence-corrected chi connectivity index (χ2v) is 5.22. The maximum atomic E-state index is 11.9. The largest absolute Gasteiger partial charge is 0.312 e. The van der Waals surface area contributed by atoms with Gasteiger partial charge in [0.1, 0.15) is 11.1 Å². The number of H-pyrrole nitrogens is 1. The molecule has 2 aromatic rings. The first-order valence-corrected chi connectivity index (χ1v) is 6.46. The summed E-state index contributed by atoms with van der Waals surface area (Å²) in [5.41, 5.74) is 2.21. The van der Waals surface area contributed by atoms with Gasteiger partial charge in [0.05, 0.1) is 17.3 Å². The van der Waals surface area contributed by atoms with Crippen LogP contribution in [0, 0.1) is 11.3 Å². The Morgan fingerprint density at radius 1 is 1.56 bits per heavy atom. The number of nitrogens with zero attached hydrogens (tertiary/aromatic N) is 2. The van der Waals surface area contributed by atoms with Crippen molar-refractivity contribution in [1.29, 1.82) is 5.26 Å². The van der Waals surface area contributed by atoms with Gasteiger partial charge >= 0.3 is 0 Å². The topological polar surface area (TPSA) is 81.6 Å². The normalized spacial score (nSPS) is 13.1. The molecule has 3 rings (SSSR count). The number of aromatic nitrogens is 2. The number of carbonyl (C=O) groups excluding carboxylic acids is 1. The molecule has 0 atom stereocenters. The average Bonchev–Trinajstić information content (AvgIpc) is 3.04. The molecule has 0 radical (unpaired) electrons. The van der Waals surface area contributed by atoms with Crippen LogP contribution < -0.4 is 5.32 Å². The SMILES string of the molecule is N#Cc1c(NC(=O)c2cn[nH]c2)sc2c1CCC2. The summed E-state index contributed by atoms with van der Waals surface area (Å²) in [4.78, 5) is 13.1. The molecule has 0 aliphatic heterocycles. The predicted octanol–water partition coefficient (Wildman–Crippen LogP) is 2.08. The standard InChI is InChI=1S/C12H10N4OS/c13-4-9-8-2-1-3-10(8)18-12(9)16-11(17)7-5-14-15-6-7/h5-6H,1-3H2,(H,14,15)(H,16,17). The van der Waals surface area contributed by atoms with Crippen LogP contribution in [0.4, 0.5) is 5.00 Å². The number of hydrogen-bond acceptors (Lipinski definition) is 4. The Morgan fingerprint density at radius 3 is 3.17 bits per heavy atom. The summed E-state index contributed by atoms with van der Waals surface area (Å²) in [5, 5.41) is 19.0. The molecule has 90 valence electrons. The molecule has 0 unspecified atom stereocenters. The lowest BCUT2D eigenvalue weighted by Gasteiger charge is -2.01. The van der Waals surface area contributed by atoms with Crippen LogP contribution in [0.2, 0.25) is 0 Å². The van der Waals surface area contributed by atoms with E-state index in [4.69, 9.17) is 0 Å². The monoisotopic (exact) mass is 258 g/mol. The molecule has 2 N–H and O–H groups in total. The lowest BCUT2D eigenvalue weighted by molar-refractivity contribution is 0.102. The first kappa shape index (κ1) is 11.0. The third-order valence-corrected chi connectivity index (χ3v) is 4.23. The first-order chi connectivity index (χ1) is 8.79. The highest BCUT2D eigenvalue weighted by Crippen LogP contribution is 2.38. The highest BCUT2D eigenvalue weighted by molar-refractivity contribution is 7.16. The number of aromatic amines is 1. The van der Waals surface area contributed by atoms with E-state index < -0.39 is 0 Å². The zero-order valence-electron chi connectivity index (χ0n) is 9.49. The minimum absolute atomic E-state index is 0.236. The molecule has 0 fully saturated rings. The zero-order valence-corrected chi connectivity index (χ0v) is 10.3. The smallest absolute Gasteiger partial charge is 0.259 e. The van der Waals surface area contributed by atoms with E-state index in [-0.39, 0.29) is 5.91 Å². The van der Waals surface area contributed by atoms with Gasteiger partial charge in [0.15, 0.2) is 0 Å². The molecule has 0 aromatic carbocycles. The lowest BCUT2D eigenvalue weighted by Crippen LogP contribution is -2.10. The second-order valence-electron chi connectivity index (χ2n) is 4.11. The van der Waals surface area contributed by atoms with Crippen molar-refractivity contribution >= 4 is 22.2 Å². The van der Waals surface area contributed by atoms with Crippen LogP contribution in [-0.4, -0.2) is 16.1 Å². The molecular formula is C12H10N4OS. The maximum Gasteiger partial charge on any atom is 0.259 e. The van der Waals surface area contributed by atoms with Crippen molar-refractivity contribution in [3.05, 3.63) is 34.0 Å². The summed E-state index contributed by atoms with van der Waals surface area (Å²) < 4.78 is 0. The summed E-state index contributed by atoms with van der Waals surface area (Å²) >= 11 is 1.51. The number of hydrogen-bond donors (Lipinski definition) is 2. The fraction of sp³-hybridized carbons (Fsp3) is 0.250. The van der Waals surface area contributed by atoms with Crippen molar-refractivity contribution in [2.45, 2.75) is 19.3 Å². The van der Waals surface area contributed by atoms with Crippen LogP contribution in [0.25, 0.3) is 0 Å². The molecule has 0 saturated carbocycles. The summed E-state index contributed by atoms with van der Waals surface area (Å²) in [6.07, 6.45) is 6.05. The van der Waals surface area contributed by atoms with Crippen LogP contribution in [0.15, 0.2) is 12.4 Å². The number of aryl methyl sites for hydroxylation is 1. The van der Waals surface area contributed by atoms with Gasteiger partial charge in [-0.25, -0.2) is 0 Å². The Bertz CT molecular complexity index is 636. The van der Waals surface area contributed by atoms with E-state index in [2.05, 4.69) is 21.6 Å². The first-order valence-electron chi connectivity index (χ1n) is 5.64. The highest BCUT2D eigenvalue weighted by Gasteiger charge is 2.23. The number of carbonyl (C=O) groups is 1. The fourth-order valence-corrected chi connectivity index (χ4v) is 3.40. The van der Waals surface area contributed by atoms with Gasteiger partial charge in [0.25, 0.3) is 5.91 Å². The highest BCUT2D eigenvalue weighted by atomic mass is 32.1. The van der Waals surface area contributed by atoms with Gasteiger partial charge in [0, 0.05) is 11.1 Å². The summed E-state index contributed by atoms with van der Waals surface area (Å²) in [6.45, 7) is 0. The average molecular weight is 258 g/mol. The minimum Gasteiger partial charge on any atom is -0.312 e. The van der Waals surface area contributed by atoms with Gasteiger partial charge in [-0.05, 0) is 24.8 Å². The number of amides is 1. The van der Waals surface area contributed by atoms with Crippen molar-refractivity contribution in [3.63, 3.8) is 0 Å². The van der Waals surface area contributed by atoms with Gasteiger partial charge in [-0.2, -0.15) is 10.4 Å². The summed E-state index contributed by atoms with van der Waals surface area (Å²) in [7, 11) is 0. The van der Waals surface area contributed by atoms with E-state index in [9.17, 15) is 10.1 Å². The molecular weight excluding hydrogens is 248 g/mol. The van der Waals surface area contributed by atoms with Gasteiger partial charge in [-0.1, -0.05) is 0 Å². The molecule has 1 amide bonds. The van der Waals surface area contributed by atoms with Crippen LogP contribution in [-0.2, 0) is 12.8 Å². The molecule has 5 nitrogen and oxygen atoms in total. The molecule has 0 saturated heterocycles. The Labute approximate surface area is 107 Å². The molecule has 6 heteroatoms. The number of fused-ring (bicyclic) bond motifs is 1. The van der Waals surface area contributed by atoms with Gasteiger partial charge in [-0.15, -0.1) is 11.3 Å². The fourth-order valence-electron chi connectivity index (χ4n) is 2.16. The maximum absolute atomic E-state index is 11.9. The Kier molecular flexibility index (Phi) is 2.61. The third-order valence-electron chi connectivity index (χ3n) is 3.02. The number of rotatable bonds is 2. The van der Waals surface area contributed by atoms with Gasteiger partial charge in [0.2, 0.25) is 0 Å². The van der Waals surface area contributed by atoms with Gasteiger partial charge < -0.3 is 5.32 Å². The Hall–Kier alpha value is -2.13. The minimum atomic E-state index is -0.236. The predicted molar refractivity (Wildman–Crippen MR) is 67.6 cm³/mol. The molecule has 0 spiro atoms. The van der Waals surface area contributed by atoms with E-state index in [1.807, 2.05) is 0 Å². The molecule has 1 aliphatic carbocycles. The molecule has 2 heterocycles. The van der Waals surface area contributed by atoms with Crippen molar-refractivity contribution in [1.82, 2.24) is 10.2 Å². The van der Waals surface area contributed by atoms with E-state index >= 15 is 0 Å². The molecule has 1 aliphatic rings. The quantitative estimate of drug-likeness (QED) is 0.865. The van der Waals surface area contributed by atoms with E-state index in [1.54, 1.807) is 0 Å². The van der Waals surface area contributed by atoms with Crippen molar-refractivity contribution in [2.24, 2.45) is 0 Å². The van der Waals surface area contributed by atoms with E-state index in [0.717, 1.165) is 24.8 Å². The Balaban J connectivity index is 1.90. The van der Waals surface area contributed by atoms with E-state index in [1.165, 1.54) is 28.6 Å². The van der Waals surface area contributed by atoms with Crippen LogP contribution in [0.5, 0.6) is 0 Å². The zero-order chi connectivity index (χ0) is 12.5. The van der Waals surface area contributed by atoms with Gasteiger partial charge in [-0.3, -0.25) is 9.89 Å². The lowest BCUT2D eigenvalue weighted by atomic mass is 10.1. The number of thiophene rings is 1. The van der Waals surface area contributed by atoms with Crippen molar-refractivity contribution in [2.75, 3.05) is 5.32 Å². The third kappa shape index (κ3) is 1.69.